The van der Waals surface area contributed by atoms with Crippen molar-refractivity contribution in [2.24, 2.45) is 11.8 Å². The number of amides is 1. The monoisotopic (exact) mass is 261 g/mol. The lowest BCUT2D eigenvalue weighted by Crippen LogP contribution is -2.31. The van der Waals surface area contributed by atoms with Gasteiger partial charge in [-0.1, -0.05) is 23.3 Å². The van der Waals surface area contributed by atoms with Crippen LogP contribution in [0.25, 0.3) is 0 Å². The van der Waals surface area contributed by atoms with Crippen molar-refractivity contribution in [2.45, 2.75) is 52.9 Å². The molecule has 0 saturated heterocycles. The fraction of sp³-hybridized carbons (Fsp3) is 0.706. The van der Waals surface area contributed by atoms with Gasteiger partial charge in [0.2, 0.25) is 5.91 Å². The Balaban J connectivity index is 1.86. The molecule has 1 atom stereocenters. The molecule has 106 valence electrons. The van der Waals surface area contributed by atoms with E-state index in [1.54, 1.807) is 6.92 Å². The molecular weight excluding hydrogens is 234 g/mol. The molecule has 0 aromatic carbocycles. The van der Waals surface area contributed by atoms with E-state index in [2.05, 4.69) is 26.0 Å². The first-order valence-electron chi connectivity index (χ1n) is 7.64. The summed E-state index contributed by atoms with van der Waals surface area (Å²) in [6.45, 7) is 7.91. The minimum atomic E-state index is 0.218. The summed E-state index contributed by atoms with van der Waals surface area (Å²) in [7, 11) is 0. The van der Waals surface area contributed by atoms with Crippen LogP contribution >= 0.6 is 0 Å². The minimum absolute atomic E-state index is 0.218. The molecule has 1 unspecified atom stereocenters. The van der Waals surface area contributed by atoms with E-state index in [1.807, 2.05) is 4.90 Å². The van der Waals surface area contributed by atoms with E-state index < -0.39 is 0 Å². The first kappa shape index (κ1) is 14.4. The summed E-state index contributed by atoms with van der Waals surface area (Å²) in [5.74, 6) is 1.69. The maximum atomic E-state index is 11.6. The molecule has 2 aliphatic rings. The molecule has 1 fully saturated rings. The Labute approximate surface area is 117 Å². The predicted octanol–water partition coefficient (Wildman–Crippen LogP) is 3.94. The smallest absolute Gasteiger partial charge is 0.219 e. The zero-order valence-corrected chi connectivity index (χ0v) is 12.6. The van der Waals surface area contributed by atoms with Crippen LogP contribution in [0.2, 0.25) is 0 Å². The highest BCUT2D eigenvalue weighted by Gasteiger charge is 2.25. The van der Waals surface area contributed by atoms with Crippen LogP contribution in [0.3, 0.4) is 0 Å². The van der Waals surface area contributed by atoms with Crippen molar-refractivity contribution < 1.29 is 4.79 Å². The first-order chi connectivity index (χ1) is 9.06. The van der Waals surface area contributed by atoms with Gasteiger partial charge >= 0.3 is 0 Å². The summed E-state index contributed by atoms with van der Waals surface area (Å²) < 4.78 is 0. The van der Waals surface area contributed by atoms with E-state index in [4.69, 9.17) is 0 Å². The van der Waals surface area contributed by atoms with Crippen LogP contribution in [0.1, 0.15) is 52.9 Å². The number of carbonyl (C=O) groups is 1. The standard InChI is InChI=1S/C17H27NO/c1-13-4-8-17(9-5-13)14(2)10-11-18(15(3)19)12-16-6-7-16/h4,10,16-17H,5-9,11-12H2,1-3H3/b14-10-. The largest absolute Gasteiger partial charge is 0.339 e. The molecule has 0 aromatic heterocycles. The lowest BCUT2D eigenvalue weighted by molar-refractivity contribution is -0.128. The Morgan fingerprint density at radius 1 is 1.37 bits per heavy atom. The van der Waals surface area contributed by atoms with Gasteiger partial charge in [0.1, 0.15) is 0 Å². The van der Waals surface area contributed by atoms with Crippen molar-refractivity contribution in [1.82, 2.24) is 4.90 Å². The zero-order valence-electron chi connectivity index (χ0n) is 12.6. The van der Waals surface area contributed by atoms with E-state index in [-0.39, 0.29) is 5.91 Å². The van der Waals surface area contributed by atoms with E-state index in [9.17, 15) is 4.79 Å². The van der Waals surface area contributed by atoms with Gasteiger partial charge < -0.3 is 4.90 Å². The number of hydrogen-bond acceptors (Lipinski definition) is 1. The van der Waals surface area contributed by atoms with Crippen molar-refractivity contribution in [1.29, 1.82) is 0 Å². The fourth-order valence-corrected chi connectivity index (χ4v) is 2.74. The van der Waals surface area contributed by atoms with Gasteiger partial charge in [-0.25, -0.2) is 0 Å². The second-order valence-corrected chi connectivity index (χ2v) is 6.34. The average molecular weight is 261 g/mol. The van der Waals surface area contributed by atoms with Crippen molar-refractivity contribution in [3.8, 4) is 0 Å². The molecule has 0 spiro atoms. The highest BCUT2D eigenvalue weighted by molar-refractivity contribution is 5.73. The number of hydrogen-bond donors (Lipinski definition) is 0. The summed E-state index contributed by atoms with van der Waals surface area (Å²) in [5.41, 5.74) is 2.99. The third-order valence-electron chi connectivity index (χ3n) is 4.54. The number of nitrogens with zero attached hydrogens (tertiary/aromatic N) is 1. The van der Waals surface area contributed by atoms with E-state index in [0.717, 1.165) is 19.0 Å². The maximum Gasteiger partial charge on any atom is 0.219 e. The van der Waals surface area contributed by atoms with Gasteiger partial charge in [-0.15, -0.1) is 0 Å². The lowest BCUT2D eigenvalue weighted by Gasteiger charge is -2.23. The Morgan fingerprint density at radius 3 is 2.63 bits per heavy atom. The quantitative estimate of drug-likeness (QED) is 0.686. The third-order valence-corrected chi connectivity index (χ3v) is 4.54. The molecule has 0 radical (unpaired) electrons. The molecule has 0 N–H and O–H groups in total. The molecule has 2 aliphatic carbocycles. The number of allylic oxidation sites excluding steroid dienone is 3. The molecule has 19 heavy (non-hydrogen) atoms. The topological polar surface area (TPSA) is 20.3 Å². The molecular formula is C17H27NO. The molecule has 2 rings (SSSR count). The number of carbonyl (C=O) groups excluding carboxylic acids is 1. The molecule has 2 nitrogen and oxygen atoms in total. The summed E-state index contributed by atoms with van der Waals surface area (Å²) in [6, 6.07) is 0. The van der Waals surface area contributed by atoms with Gasteiger partial charge in [0.15, 0.2) is 0 Å². The van der Waals surface area contributed by atoms with Crippen molar-refractivity contribution in [2.75, 3.05) is 13.1 Å². The fourth-order valence-electron chi connectivity index (χ4n) is 2.74. The Morgan fingerprint density at radius 2 is 2.11 bits per heavy atom. The van der Waals surface area contributed by atoms with Crippen LogP contribution in [-0.4, -0.2) is 23.9 Å². The summed E-state index contributed by atoms with van der Waals surface area (Å²) >= 11 is 0. The van der Waals surface area contributed by atoms with Crippen molar-refractivity contribution in [3.63, 3.8) is 0 Å². The molecule has 1 amide bonds. The molecule has 2 heteroatoms. The Kier molecular flexibility index (Phi) is 4.84. The molecule has 0 bridgehead atoms. The van der Waals surface area contributed by atoms with Gasteiger partial charge in [-0.2, -0.15) is 0 Å². The molecule has 0 aromatic rings. The van der Waals surface area contributed by atoms with E-state index in [1.165, 1.54) is 43.3 Å². The van der Waals surface area contributed by atoms with Crippen molar-refractivity contribution in [3.05, 3.63) is 23.3 Å². The van der Waals surface area contributed by atoms with Crippen LogP contribution in [0.4, 0.5) is 0 Å². The van der Waals surface area contributed by atoms with Gasteiger partial charge in [0.25, 0.3) is 0 Å². The van der Waals surface area contributed by atoms with Crippen molar-refractivity contribution >= 4 is 5.91 Å². The summed E-state index contributed by atoms with van der Waals surface area (Å²) in [6.07, 6.45) is 10.9. The van der Waals surface area contributed by atoms with Crippen LogP contribution in [-0.2, 0) is 4.79 Å². The maximum absolute atomic E-state index is 11.6. The third kappa shape index (κ3) is 4.52. The Hall–Kier alpha value is -1.05. The number of rotatable bonds is 5. The average Bonchev–Trinajstić information content (AvgIpc) is 3.18. The van der Waals surface area contributed by atoms with Gasteiger partial charge in [0.05, 0.1) is 0 Å². The van der Waals surface area contributed by atoms with E-state index in [0.29, 0.717) is 5.92 Å². The SMILES string of the molecule is CC(=O)N(C/C=C(/C)C1CC=C(C)CC1)CC1CC1. The van der Waals surface area contributed by atoms with Crippen LogP contribution in [0.5, 0.6) is 0 Å². The summed E-state index contributed by atoms with van der Waals surface area (Å²) in [4.78, 5) is 13.6. The second kappa shape index (κ2) is 6.40. The van der Waals surface area contributed by atoms with Gasteiger partial charge in [-0.3, -0.25) is 4.79 Å². The highest BCUT2D eigenvalue weighted by atomic mass is 16.2. The van der Waals surface area contributed by atoms with E-state index >= 15 is 0 Å². The van der Waals surface area contributed by atoms with Gasteiger partial charge in [-0.05, 0) is 57.8 Å². The summed E-state index contributed by atoms with van der Waals surface area (Å²) in [5, 5.41) is 0. The lowest BCUT2D eigenvalue weighted by atomic mass is 9.85. The molecule has 0 heterocycles. The second-order valence-electron chi connectivity index (χ2n) is 6.34. The molecule has 0 aliphatic heterocycles. The zero-order chi connectivity index (χ0) is 13.8. The molecule has 1 saturated carbocycles. The minimum Gasteiger partial charge on any atom is -0.339 e. The van der Waals surface area contributed by atoms with Crippen LogP contribution < -0.4 is 0 Å². The first-order valence-corrected chi connectivity index (χ1v) is 7.64. The Bertz CT molecular complexity index is 390. The normalized spacial score (nSPS) is 24.1. The predicted molar refractivity (Wildman–Crippen MR) is 79.8 cm³/mol. The highest BCUT2D eigenvalue weighted by Crippen LogP contribution is 2.30. The van der Waals surface area contributed by atoms with Crippen LogP contribution in [0, 0.1) is 11.8 Å². The van der Waals surface area contributed by atoms with Crippen LogP contribution in [0.15, 0.2) is 23.3 Å². The van der Waals surface area contributed by atoms with Gasteiger partial charge in [0, 0.05) is 20.0 Å².